The quantitative estimate of drug-likeness (QED) is 0.478. The van der Waals surface area contributed by atoms with Gasteiger partial charge in [-0.05, 0) is 19.1 Å². The molecule has 7 heteroatoms. The number of nitrogens with zero attached hydrogens (tertiary/aromatic N) is 1. The molecule has 0 aliphatic heterocycles. The van der Waals surface area contributed by atoms with Crippen LogP contribution in [0.5, 0.6) is 0 Å². The Kier molecular flexibility index (Phi) is 5.26. The van der Waals surface area contributed by atoms with Crippen molar-refractivity contribution in [3.05, 3.63) is 23.4 Å². The van der Waals surface area contributed by atoms with Gasteiger partial charge in [0, 0.05) is 23.7 Å². The van der Waals surface area contributed by atoms with Gasteiger partial charge in [-0.25, -0.2) is 10.8 Å². The maximum Gasteiger partial charge on any atom is 0.252 e. The SMILES string of the molecule is CNC(=O)C(C)NC(=O)c1cc(NN)nc(C(C)(C)C)c1. The third-order valence-electron chi connectivity index (χ3n) is 2.99. The number of carbonyl (C=O) groups is 2. The molecule has 0 fully saturated rings. The molecule has 0 radical (unpaired) electrons. The molecule has 0 spiro atoms. The second kappa shape index (κ2) is 6.53. The average molecular weight is 293 g/mol. The molecule has 1 heterocycles. The highest BCUT2D eigenvalue weighted by molar-refractivity contribution is 5.98. The molecule has 0 aliphatic rings. The molecule has 1 atom stereocenters. The number of likely N-dealkylation sites (N-methyl/N-ethyl adjacent to an activating group) is 1. The Balaban J connectivity index is 3.06. The molecule has 0 saturated carbocycles. The first kappa shape index (κ1) is 16.9. The van der Waals surface area contributed by atoms with Crippen LogP contribution in [-0.4, -0.2) is 29.9 Å². The number of rotatable bonds is 4. The average Bonchev–Trinajstić information content (AvgIpc) is 2.44. The van der Waals surface area contributed by atoms with Crippen molar-refractivity contribution in [2.75, 3.05) is 12.5 Å². The second-order valence-corrected chi connectivity index (χ2v) is 5.83. The molecule has 0 bridgehead atoms. The Hall–Kier alpha value is -2.15. The number of carbonyl (C=O) groups excluding carboxylic acids is 2. The van der Waals surface area contributed by atoms with Gasteiger partial charge in [0.25, 0.3) is 5.91 Å². The number of hydrazine groups is 1. The number of pyridine rings is 1. The summed E-state index contributed by atoms with van der Waals surface area (Å²) in [6.07, 6.45) is 0. The number of anilines is 1. The fraction of sp³-hybridized carbons (Fsp3) is 0.500. The highest BCUT2D eigenvalue weighted by Gasteiger charge is 2.21. The van der Waals surface area contributed by atoms with E-state index in [4.69, 9.17) is 5.84 Å². The fourth-order valence-electron chi connectivity index (χ4n) is 1.68. The molecule has 1 rings (SSSR count). The molecule has 5 N–H and O–H groups in total. The molecule has 1 unspecified atom stereocenters. The summed E-state index contributed by atoms with van der Waals surface area (Å²) in [6.45, 7) is 7.59. The monoisotopic (exact) mass is 293 g/mol. The topological polar surface area (TPSA) is 109 Å². The molecule has 0 aromatic carbocycles. The highest BCUT2D eigenvalue weighted by Crippen LogP contribution is 2.23. The lowest BCUT2D eigenvalue weighted by Crippen LogP contribution is -2.43. The first-order valence-corrected chi connectivity index (χ1v) is 6.70. The zero-order valence-electron chi connectivity index (χ0n) is 13.1. The van der Waals surface area contributed by atoms with Crippen LogP contribution < -0.4 is 21.9 Å². The molecule has 21 heavy (non-hydrogen) atoms. The minimum atomic E-state index is -0.622. The third kappa shape index (κ3) is 4.42. The maximum atomic E-state index is 12.2. The van der Waals surface area contributed by atoms with Crippen molar-refractivity contribution in [1.82, 2.24) is 15.6 Å². The zero-order valence-corrected chi connectivity index (χ0v) is 13.1. The predicted molar refractivity (Wildman–Crippen MR) is 81.7 cm³/mol. The van der Waals surface area contributed by atoms with Crippen molar-refractivity contribution in [3.8, 4) is 0 Å². The van der Waals surface area contributed by atoms with Gasteiger partial charge >= 0.3 is 0 Å². The second-order valence-electron chi connectivity index (χ2n) is 5.83. The van der Waals surface area contributed by atoms with E-state index >= 15 is 0 Å². The van der Waals surface area contributed by atoms with Crippen LogP contribution in [0.15, 0.2) is 12.1 Å². The van der Waals surface area contributed by atoms with Crippen LogP contribution >= 0.6 is 0 Å². The van der Waals surface area contributed by atoms with Gasteiger partial charge in [-0.15, -0.1) is 0 Å². The van der Waals surface area contributed by atoms with Crippen LogP contribution in [0.2, 0.25) is 0 Å². The standard InChI is InChI=1S/C14H23N5O2/c1-8(12(20)16-5)17-13(21)9-6-10(14(2,3)4)18-11(7-9)19-15/h6-8H,15H2,1-5H3,(H,16,20)(H,17,21)(H,18,19). The van der Waals surface area contributed by atoms with E-state index in [0.29, 0.717) is 11.4 Å². The Morgan fingerprint density at radius 3 is 2.38 bits per heavy atom. The van der Waals surface area contributed by atoms with Crippen molar-refractivity contribution >= 4 is 17.6 Å². The smallest absolute Gasteiger partial charge is 0.252 e. The van der Waals surface area contributed by atoms with Gasteiger partial charge < -0.3 is 16.1 Å². The van der Waals surface area contributed by atoms with Gasteiger partial charge in [-0.3, -0.25) is 9.59 Å². The van der Waals surface area contributed by atoms with E-state index < -0.39 is 6.04 Å². The van der Waals surface area contributed by atoms with Crippen molar-refractivity contribution in [2.24, 2.45) is 5.84 Å². The molecular weight excluding hydrogens is 270 g/mol. The largest absolute Gasteiger partial charge is 0.357 e. The van der Waals surface area contributed by atoms with E-state index in [2.05, 4.69) is 21.0 Å². The summed E-state index contributed by atoms with van der Waals surface area (Å²) in [7, 11) is 1.52. The molecule has 7 nitrogen and oxygen atoms in total. The van der Waals surface area contributed by atoms with Crippen molar-refractivity contribution < 1.29 is 9.59 Å². The number of hydrogen-bond donors (Lipinski definition) is 4. The van der Waals surface area contributed by atoms with Gasteiger partial charge in [0.05, 0.1) is 0 Å². The first-order valence-electron chi connectivity index (χ1n) is 6.70. The van der Waals surface area contributed by atoms with E-state index in [9.17, 15) is 9.59 Å². The lowest BCUT2D eigenvalue weighted by Gasteiger charge is -2.20. The predicted octanol–water partition coefficient (Wildman–Crippen LogP) is 0.529. The van der Waals surface area contributed by atoms with Gasteiger partial charge in [0.1, 0.15) is 11.9 Å². The molecule has 116 valence electrons. The number of amides is 2. The summed E-state index contributed by atoms with van der Waals surface area (Å²) in [4.78, 5) is 28.0. The minimum Gasteiger partial charge on any atom is -0.357 e. The minimum absolute atomic E-state index is 0.228. The van der Waals surface area contributed by atoms with Crippen LogP contribution in [0.3, 0.4) is 0 Å². The van der Waals surface area contributed by atoms with E-state index in [1.165, 1.54) is 7.05 Å². The number of hydrogen-bond acceptors (Lipinski definition) is 5. The lowest BCUT2D eigenvalue weighted by atomic mass is 9.90. The van der Waals surface area contributed by atoms with Crippen LogP contribution in [0.25, 0.3) is 0 Å². The molecular formula is C14H23N5O2. The molecule has 1 aromatic heterocycles. The summed E-state index contributed by atoms with van der Waals surface area (Å²) >= 11 is 0. The summed E-state index contributed by atoms with van der Waals surface area (Å²) in [5.41, 5.74) is 3.36. The lowest BCUT2D eigenvalue weighted by molar-refractivity contribution is -0.122. The number of nitrogens with two attached hydrogens (primary N) is 1. The van der Waals surface area contributed by atoms with Crippen LogP contribution in [0.4, 0.5) is 5.82 Å². The summed E-state index contributed by atoms with van der Waals surface area (Å²) < 4.78 is 0. The summed E-state index contributed by atoms with van der Waals surface area (Å²) in [5.74, 6) is 5.19. The Morgan fingerprint density at radius 1 is 1.29 bits per heavy atom. The molecule has 2 amide bonds. The fourth-order valence-corrected chi connectivity index (χ4v) is 1.68. The zero-order chi connectivity index (χ0) is 16.2. The first-order chi connectivity index (χ1) is 9.68. The Labute approximate surface area is 124 Å². The molecule has 0 aliphatic carbocycles. The van der Waals surface area contributed by atoms with Gasteiger partial charge in [0.2, 0.25) is 5.91 Å². The van der Waals surface area contributed by atoms with E-state index in [1.54, 1.807) is 19.1 Å². The normalized spacial score (nSPS) is 12.5. The third-order valence-corrected chi connectivity index (χ3v) is 2.99. The Morgan fingerprint density at radius 2 is 1.90 bits per heavy atom. The molecule has 0 saturated heterocycles. The summed E-state index contributed by atoms with van der Waals surface area (Å²) in [5, 5.41) is 5.11. The van der Waals surface area contributed by atoms with E-state index in [1.807, 2.05) is 20.8 Å². The number of nitrogens with one attached hydrogen (secondary N) is 3. The van der Waals surface area contributed by atoms with Crippen molar-refractivity contribution in [1.29, 1.82) is 0 Å². The van der Waals surface area contributed by atoms with Crippen LogP contribution in [-0.2, 0) is 10.2 Å². The highest BCUT2D eigenvalue weighted by atomic mass is 16.2. The summed E-state index contributed by atoms with van der Waals surface area (Å²) in [6, 6.07) is 2.62. The molecule has 1 aromatic rings. The Bertz CT molecular complexity index is 537. The number of nitrogen functional groups attached to an aromatic ring is 1. The maximum absolute atomic E-state index is 12.2. The van der Waals surface area contributed by atoms with Gasteiger partial charge in [-0.1, -0.05) is 20.8 Å². The van der Waals surface area contributed by atoms with Crippen LogP contribution in [0, 0.1) is 0 Å². The van der Waals surface area contributed by atoms with E-state index in [0.717, 1.165) is 5.69 Å². The number of aromatic nitrogens is 1. The van der Waals surface area contributed by atoms with Crippen LogP contribution in [0.1, 0.15) is 43.7 Å². The van der Waals surface area contributed by atoms with Gasteiger partial charge in [-0.2, -0.15) is 0 Å². The van der Waals surface area contributed by atoms with Gasteiger partial charge in [0.15, 0.2) is 0 Å². The van der Waals surface area contributed by atoms with Crippen molar-refractivity contribution in [2.45, 2.75) is 39.2 Å². The van der Waals surface area contributed by atoms with E-state index in [-0.39, 0.29) is 17.2 Å². The van der Waals surface area contributed by atoms with Crippen molar-refractivity contribution in [3.63, 3.8) is 0 Å².